The van der Waals surface area contributed by atoms with Gasteiger partial charge in [0.15, 0.2) is 0 Å². The molecule has 0 saturated carbocycles. The predicted molar refractivity (Wildman–Crippen MR) is 81.0 cm³/mol. The molecule has 0 unspecified atom stereocenters. The number of piperazine rings is 1. The quantitative estimate of drug-likeness (QED) is 0.519. The van der Waals surface area contributed by atoms with E-state index in [2.05, 4.69) is 44.6 Å². The fraction of sp³-hybridized carbons (Fsp3) is 0.917. The molecule has 1 saturated heterocycles. The summed E-state index contributed by atoms with van der Waals surface area (Å²) >= 11 is 1.75. The van der Waals surface area contributed by atoms with Crippen molar-refractivity contribution in [3.05, 3.63) is 0 Å². The molecule has 0 atom stereocenters. The SMILES string of the molecule is CCNCCn1nnnc1SCCN1CCN(C)CC1. The summed E-state index contributed by atoms with van der Waals surface area (Å²) in [5, 5.41) is 16.1. The van der Waals surface area contributed by atoms with Crippen LogP contribution >= 0.6 is 11.8 Å². The molecule has 20 heavy (non-hydrogen) atoms. The van der Waals surface area contributed by atoms with Crippen molar-refractivity contribution in [1.29, 1.82) is 0 Å². The van der Waals surface area contributed by atoms with E-state index in [4.69, 9.17) is 0 Å². The van der Waals surface area contributed by atoms with Gasteiger partial charge in [0, 0.05) is 45.0 Å². The minimum atomic E-state index is 0.831. The summed E-state index contributed by atoms with van der Waals surface area (Å²) in [6.45, 7) is 10.6. The molecule has 0 aliphatic carbocycles. The highest BCUT2D eigenvalue weighted by Crippen LogP contribution is 2.13. The Kier molecular flexibility index (Phi) is 6.71. The van der Waals surface area contributed by atoms with Crippen molar-refractivity contribution in [2.75, 3.05) is 58.6 Å². The van der Waals surface area contributed by atoms with Crippen LogP contribution in [0.4, 0.5) is 0 Å². The topological polar surface area (TPSA) is 62.1 Å². The minimum Gasteiger partial charge on any atom is -0.315 e. The van der Waals surface area contributed by atoms with Crippen molar-refractivity contribution < 1.29 is 0 Å². The van der Waals surface area contributed by atoms with E-state index >= 15 is 0 Å². The molecule has 1 aromatic heterocycles. The third-order valence-corrected chi connectivity index (χ3v) is 4.42. The molecule has 0 amide bonds. The van der Waals surface area contributed by atoms with Crippen LogP contribution < -0.4 is 5.32 Å². The minimum absolute atomic E-state index is 0.831. The van der Waals surface area contributed by atoms with Crippen molar-refractivity contribution in [1.82, 2.24) is 35.3 Å². The lowest BCUT2D eigenvalue weighted by molar-refractivity contribution is 0.161. The van der Waals surface area contributed by atoms with Crippen LogP contribution in [-0.4, -0.2) is 88.6 Å². The normalized spacial score (nSPS) is 17.7. The second-order valence-electron chi connectivity index (χ2n) is 5.03. The van der Waals surface area contributed by atoms with Crippen molar-refractivity contribution >= 4 is 11.8 Å². The van der Waals surface area contributed by atoms with Crippen LogP contribution in [0.5, 0.6) is 0 Å². The molecule has 1 aliphatic rings. The molecule has 1 aliphatic heterocycles. The van der Waals surface area contributed by atoms with E-state index in [1.807, 2.05) is 4.68 Å². The zero-order valence-electron chi connectivity index (χ0n) is 12.5. The first kappa shape index (κ1) is 15.7. The number of tetrazole rings is 1. The molecule has 0 bridgehead atoms. The molecule has 1 fully saturated rings. The Balaban J connectivity index is 1.67. The second-order valence-corrected chi connectivity index (χ2v) is 6.09. The van der Waals surface area contributed by atoms with Gasteiger partial charge in [0.25, 0.3) is 0 Å². The first-order valence-corrected chi connectivity index (χ1v) is 8.28. The molecular formula is C12H25N7S. The predicted octanol–water partition coefficient (Wildman–Crippen LogP) is -0.378. The van der Waals surface area contributed by atoms with Crippen LogP contribution in [0.15, 0.2) is 5.16 Å². The monoisotopic (exact) mass is 299 g/mol. The third kappa shape index (κ3) is 5.01. The lowest BCUT2D eigenvalue weighted by Gasteiger charge is -2.32. The van der Waals surface area contributed by atoms with Gasteiger partial charge in [-0.05, 0) is 24.0 Å². The van der Waals surface area contributed by atoms with E-state index in [-0.39, 0.29) is 0 Å². The van der Waals surface area contributed by atoms with Crippen LogP contribution in [0, 0.1) is 0 Å². The number of thioether (sulfide) groups is 1. The highest BCUT2D eigenvalue weighted by atomic mass is 32.2. The molecule has 0 radical (unpaired) electrons. The average molecular weight is 299 g/mol. The summed E-state index contributed by atoms with van der Waals surface area (Å²) in [5.41, 5.74) is 0. The second kappa shape index (κ2) is 8.56. The maximum absolute atomic E-state index is 4.10. The van der Waals surface area contributed by atoms with Gasteiger partial charge in [-0.1, -0.05) is 18.7 Å². The lowest BCUT2D eigenvalue weighted by Crippen LogP contribution is -2.45. The number of likely N-dealkylation sites (N-methyl/N-ethyl adjacent to an activating group) is 2. The molecular weight excluding hydrogens is 274 g/mol. The maximum Gasteiger partial charge on any atom is 0.209 e. The Hall–Kier alpha value is -0.700. The lowest BCUT2D eigenvalue weighted by atomic mass is 10.3. The first-order valence-electron chi connectivity index (χ1n) is 7.30. The van der Waals surface area contributed by atoms with Gasteiger partial charge in [-0.2, -0.15) is 0 Å². The largest absolute Gasteiger partial charge is 0.315 e. The number of hydrogen-bond acceptors (Lipinski definition) is 7. The Morgan fingerprint density at radius 1 is 1.20 bits per heavy atom. The van der Waals surface area contributed by atoms with Crippen molar-refractivity contribution in [3.8, 4) is 0 Å². The number of nitrogens with one attached hydrogen (secondary N) is 1. The molecule has 7 nitrogen and oxygen atoms in total. The zero-order chi connectivity index (χ0) is 14.2. The van der Waals surface area contributed by atoms with E-state index in [0.29, 0.717) is 0 Å². The Labute approximate surface area is 125 Å². The number of aromatic nitrogens is 4. The standard InChI is InChI=1S/C12H25N7S/c1-3-13-4-5-19-12(14-15-16-19)20-11-10-18-8-6-17(2)7-9-18/h13H,3-11H2,1-2H3. The average Bonchev–Trinajstić information content (AvgIpc) is 2.89. The van der Waals surface area contributed by atoms with Crippen LogP contribution in [-0.2, 0) is 6.54 Å². The summed E-state index contributed by atoms with van der Waals surface area (Å²) in [6, 6.07) is 0. The molecule has 0 spiro atoms. The Morgan fingerprint density at radius 3 is 2.75 bits per heavy atom. The smallest absolute Gasteiger partial charge is 0.209 e. The van der Waals surface area contributed by atoms with E-state index in [0.717, 1.165) is 37.1 Å². The summed E-state index contributed by atoms with van der Waals surface area (Å²) in [4.78, 5) is 4.89. The molecule has 8 heteroatoms. The molecule has 0 aromatic carbocycles. The van der Waals surface area contributed by atoms with Crippen molar-refractivity contribution in [2.45, 2.75) is 18.6 Å². The van der Waals surface area contributed by atoms with E-state index < -0.39 is 0 Å². The summed E-state index contributed by atoms with van der Waals surface area (Å²) in [7, 11) is 2.19. The van der Waals surface area contributed by atoms with Gasteiger partial charge in [0.05, 0.1) is 6.54 Å². The fourth-order valence-electron chi connectivity index (χ4n) is 2.14. The molecule has 114 valence electrons. The Bertz CT molecular complexity index is 376. The van der Waals surface area contributed by atoms with Gasteiger partial charge in [0.1, 0.15) is 0 Å². The van der Waals surface area contributed by atoms with Crippen molar-refractivity contribution in [3.63, 3.8) is 0 Å². The molecule has 1 N–H and O–H groups in total. The van der Waals surface area contributed by atoms with Gasteiger partial charge in [0.2, 0.25) is 5.16 Å². The molecule has 2 rings (SSSR count). The van der Waals surface area contributed by atoms with Crippen LogP contribution in [0.2, 0.25) is 0 Å². The fourth-order valence-corrected chi connectivity index (χ4v) is 3.04. The number of hydrogen-bond donors (Lipinski definition) is 1. The van der Waals surface area contributed by atoms with Crippen LogP contribution in [0.3, 0.4) is 0 Å². The Morgan fingerprint density at radius 2 is 2.00 bits per heavy atom. The van der Waals surface area contributed by atoms with Gasteiger partial charge in [-0.15, -0.1) is 5.10 Å². The van der Waals surface area contributed by atoms with Gasteiger partial charge in [-0.3, -0.25) is 4.90 Å². The summed E-state index contributed by atoms with van der Waals surface area (Å²) < 4.78 is 1.89. The first-order chi connectivity index (χ1) is 9.79. The van der Waals surface area contributed by atoms with E-state index in [9.17, 15) is 0 Å². The third-order valence-electron chi connectivity index (χ3n) is 3.48. The summed E-state index contributed by atoms with van der Waals surface area (Å²) in [5.74, 6) is 1.05. The van der Waals surface area contributed by atoms with Gasteiger partial charge in [-0.25, -0.2) is 4.68 Å². The highest BCUT2D eigenvalue weighted by molar-refractivity contribution is 7.99. The van der Waals surface area contributed by atoms with Crippen LogP contribution in [0.25, 0.3) is 0 Å². The zero-order valence-corrected chi connectivity index (χ0v) is 13.3. The highest BCUT2D eigenvalue weighted by Gasteiger charge is 2.14. The van der Waals surface area contributed by atoms with E-state index in [1.165, 1.54) is 26.2 Å². The number of rotatable bonds is 8. The van der Waals surface area contributed by atoms with Gasteiger partial charge < -0.3 is 10.2 Å². The van der Waals surface area contributed by atoms with Crippen molar-refractivity contribution in [2.24, 2.45) is 0 Å². The maximum atomic E-state index is 4.10. The number of nitrogens with zero attached hydrogens (tertiary/aromatic N) is 6. The molecule has 2 heterocycles. The van der Waals surface area contributed by atoms with E-state index in [1.54, 1.807) is 11.8 Å². The van der Waals surface area contributed by atoms with Crippen LogP contribution in [0.1, 0.15) is 6.92 Å². The summed E-state index contributed by atoms with van der Waals surface area (Å²) in [6.07, 6.45) is 0. The van der Waals surface area contributed by atoms with Gasteiger partial charge >= 0.3 is 0 Å². The molecule has 1 aromatic rings.